The fourth-order valence-electron chi connectivity index (χ4n) is 10.6. The Morgan fingerprint density at radius 2 is 0.507 bits per heavy atom. The lowest BCUT2D eigenvalue weighted by Gasteiger charge is -2.20. The summed E-state index contributed by atoms with van der Waals surface area (Å²) in [6.45, 7) is 9.15. The van der Waals surface area contributed by atoms with Gasteiger partial charge in [0.15, 0.2) is 11.5 Å². The Hall–Kier alpha value is -2.16. The van der Waals surface area contributed by atoms with E-state index in [0.717, 1.165) is 69.2 Å². The lowest BCUT2D eigenvalue weighted by atomic mass is 10.0. The molecule has 2 aromatic carbocycles. The van der Waals surface area contributed by atoms with Gasteiger partial charge in [-0.15, -0.1) is 0 Å². The summed E-state index contributed by atoms with van der Waals surface area (Å²) in [4.78, 5) is 0. The lowest BCUT2D eigenvalue weighted by molar-refractivity contribution is 0.232. The first-order chi connectivity index (χ1) is 35.3. The molecule has 0 radical (unpaired) electrons. The maximum atomic E-state index is 6.83. The van der Waals surface area contributed by atoms with Crippen molar-refractivity contribution in [2.75, 3.05) is 19.8 Å². The normalized spacial score (nSPS) is 11.5. The van der Waals surface area contributed by atoms with Gasteiger partial charge >= 0.3 is 0 Å². The van der Waals surface area contributed by atoms with E-state index in [1.807, 2.05) is 0 Å². The average Bonchev–Trinajstić information content (AvgIpc) is 3.39. The molecule has 0 spiro atoms. The molecule has 0 aliphatic carbocycles. The smallest absolute Gasteiger partial charge is 0.203 e. The van der Waals surface area contributed by atoms with Gasteiger partial charge in [-0.2, -0.15) is 0 Å². The predicted molar refractivity (Wildman–Crippen MR) is 315 cm³/mol. The largest absolute Gasteiger partial charge is 0.490 e. The first kappa shape index (κ1) is 65.0. The van der Waals surface area contributed by atoms with E-state index >= 15 is 0 Å². The van der Waals surface area contributed by atoms with Crippen molar-refractivity contribution in [3.05, 3.63) is 53.6 Å². The highest BCUT2D eigenvalue weighted by Gasteiger charge is 2.19. The highest BCUT2D eigenvalue weighted by Crippen LogP contribution is 2.42. The van der Waals surface area contributed by atoms with Gasteiger partial charge in [0.1, 0.15) is 0 Å². The zero-order chi connectivity index (χ0) is 50.4. The Kier molecular flexibility index (Phi) is 48.2. The molecule has 71 heavy (non-hydrogen) atoms. The van der Waals surface area contributed by atoms with Gasteiger partial charge in [-0.3, -0.25) is 0 Å². The molecule has 412 valence electrons. The van der Waals surface area contributed by atoms with Crippen molar-refractivity contribution in [1.82, 2.24) is 0 Å². The van der Waals surface area contributed by atoms with Gasteiger partial charge < -0.3 is 14.2 Å². The summed E-state index contributed by atoms with van der Waals surface area (Å²) in [7, 11) is 0. The third kappa shape index (κ3) is 40.9. The SMILES string of the molecule is CCCCCCCCCCCCCCCCCCOc1ccc(CCc2ccccc2)c(OCCCCCCCCCCCCCCCCCC)c1OCCCCCCCCCCCCCCCCCC. The van der Waals surface area contributed by atoms with Gasteiger partial charge in [0.05, 0.1) is 19.8 Å². The highest BCUT2D eigenvalue weighted by atomic mass is 16.5. The van der Waals surface area contributed by atoms with Crippen LogP contribution in [0.3, 0.4) is 0 Å². The summed E-state index contributed by atoms with van der Waals surface area (Å²) in [5.41, 5.74) is 2.62. The first-order valence-electron chi connectivity index (χ1n) is 32.4. The second kappa shape index (κ2) is 52.7. The van der Waals surface area contributed by atoms with Crippen LogP contribution in [0, 0.1) is 0 Å². The summed E-state index contributed by atoms with van der Waals surface area (Å²) >= 11 is 0. The molecule has 3 nitrogen and oxygen atoms in total. The first-order valence-corrected chi connectivity index (χ1v) is 32.4. The number of hydrogen-bond acceptors (Lipinski definition) is 3. The monoisotopic (exact) mass is 987 g/mol. The number of aryl methyl sites for hydroxylation is 2. The fourth-order valence-corrected chi connectivity index (χ4v) is 10.6. The maximum absolute atomic E-state index is 6.83. The molecule has 0 fully saturated rings. The van der Waals surface area contributed by atoms with E-state index in [1.165, 1.54) is 300 Å². The van der Waals surface area contributed by atoms with Gasteiger partial charge in [0, 0.05) is 0 Å². The molecule has 0 bridgehead atoms. The van der Waals surface area contributed by atoms with Crippen LogP contribution in [0.15, 0.2) is 42.5 Å². The quantitative estimate of drug-likeness (QED) is 0.0618. The molecule has 0 aliphatic heterocycles. The Bertz CT molecular complexity index is 1340. The van der Waals surface area contributed by atoms with E-state index in [-0.39, 0.29) is 0 Å². The summed E-state index contributed by atoms with van der Waals surface area (Å²) in [6.07, 6.45) is 68.2. The second-order valence-corrected chi connectivity index (χ2v) is 22.3. The molecule has 0 atom stereocenters. The lowest BCUT2D eigenvalue weighted by Crippen LogP contribution is -2.08. The number of hydrogen-bond donors (Lipinski definition) is 0. The predicted octanol–water partition coefficient (Wildman–Crippen LogP) is 23.4. The number of unbranched alkanes of at least 4 members (excludes halogenated alkanes) is 45. The Morgan fingerprint density at radius 3 is 0.817 bits per heavy atom. The molecular formula is C68H122O3. The van der Waals surface area contributed by atoms with Crippen LogP contribution in [0.2, 0.25) is 0 Å². The zero-order valence-electron chi connectivity index (χ0n) is 48.2. The van der Waals surface area contributed by atoms with Crippen molar-refractivity contribution in [1.29, 1.82) is 0 Å². The summed E-state index contributed by atoms with van der Waals surface area (Å²) in [6, 6.07) is 15.4. The van der Waals surface area contributed by atoms with Crippen LogP contribution in [0.1, 0.15) is 340 Å². The number of rotatable bonds is 57. The highest BCUT2D eigenvalue weighted by molar-refractivity contribution is 5.56. The minimum Gasteiger partial charge on any atom is -0.490 e. The standard InChI is InChI=1S/C68H122O3/c1-4-7-10-13-16-19-22-25-28-31-34-37-40-43-46-52-61-69-66-60-59-65(58-57-64-55-50-49-51-56-64)67(70-62-53-47-44-41-38-35-32-29-26-23-20-17-14-11-8-5-2)68(66)71-63-54-48-45-42-39-36-33-30-27-24-21-18-15-12-9-6-3/h49-51,55-56,59-60H,4-48,52-54,57-58,61-63H2,1-3H3. The van der Waals surface area contributed by atoms with E-state index < -0.39 is 0 Å². The molecule has 0 aromatic heterocycles. The maximum Gasteiger partial charge on any atom is 0.203 e. The second-order valence-electron chi connectivity index (χ2n) is 22.3. The van der Waals surface area contributed by atoms with Gasteiger partial charge in [-0.05, 0) is 49.3 Å². The fraction of sp³-hybridized carbons (Fsp3) is 0.824. The minimum absolute atomic E-state index is 0.728. The van der Waals surface area contributed by atoms with Crippen molar-refractivity contribution < 1.29 is 14.2 Å². The van der Waals surface area contributed by atoms with Crippen molar-refractivity contribution in [3.63, 3.8) is 0 Å². The molecule has 3 heteroatoms. The molecular weight excluding hydrogens is 865 g/mol. The van der Waals surface area contributed by atoms with E-state index in [0.29, 0.717) is 0 Å². The Morgan fingerprint density at radius 1 is 0.239 bits per heavy atom. The van der Waals surface area contributed by atoms with Crippen LogP contribution in [0.4, 0.5) is 0 Å². The number of ether oxygens (including phenoxy) is 3. The molecule has 0 amide bonds. The minimum atomic E-state index is 0.728. The van der Waals surface area contributed by atoms with Crippen LogP contribution in [0.5, 0.6) is 17.2 Å². The van der Waals surface area contributed by atoms with Crippen molar-refractivity contribution in [2.24, 2.45) is 0 Å². The topological polar surface area (TPSA) is 27.7 Å². The molecule has 2 rings (SSSR count). The summed E-state index contributed by atoms with van der Waals surface area (Å²) < 4.78 is 20.3. The van der Waals surface area contributed by atoms with E-state index in [2.05, 4.69) is 63.2 Å². The van der Waals surface area contributed by atoms with Crippen LogP contribution >= 0.6 is 0 Å². The van der Waals surface area contributed by atoms with Crippen LogP contribution in [0.25, 0.3) is 0 Å². The van der Waals surface area contributed by atoms with Crippen molar-refractivity contribution >= 4 is 0 Å². The third-order valence-electron chi connectivity index (χ3n) is 15.4. The Labute approximate surface area is 444 Å². The molecule has 2 aromatic rings. The van der Waals surface area contributed by atoms with E-state index in [9.17, 15) is 0 Å². The van der Waals surface area contributed by atoms with Gasteiger partial charge in [-0.1, -0.05) is 346 Å². The summed E-state index contributed by atoms with van der Waals surface area (Å²) in [5, 5.41) is 0. The van der Waals surface area contributed by atoms with Crippen molar-refractivity contribution in [3.8, 4) is 17.2 Å². The van der Waals surface area contributed by atoms with Gasteiger partial charge in [0.25, 0.3) is 0 Å². The van der Waals surface area contributed by atoms with Gasteiger partial charge in [-0.25, -0.2) is 0 Å². The molecule has 0 saturated heterocycles. The zero-order valence-corrected chi connectivity index (χ0v) is 48.2. The van der Waals surface area contributed by atoms with Crippen LogP contribution in [-0.2, 0) is 12.8 Å². The summed E-state index contributed by atoms with van der Waals surface area (Å²) in [5.74, 6) is 2.69. The number of benzene rings is 2. The Balaban J connectivity index is 1.84. The molecule has 0 heterocycles. The van der Waals surface area contributed by atoms with E-state index in [4.69, 9.17) is 14.2 Å². The molecule has 0 N–H and O–H groups in total. The van der Waals surface area contributed by atoms with Gasteiger partial charge in [0.2, 0.25) is 5.75 Å². The van der Waals surface area contributed by atoms with E-state index in [1.54, 1.807) is 0 Å². The van der Waals surface area contributed by atoms with Crippen molar-refractivity contribution in [2.45, 2.75) is 342 Å². The van der Waals surface area contributed by atoms with Crippen LogP contribution < -0.4 is 14.2 Å². The molecule has 0 aliphatic rings. The molecule has 0 unspecified atom stereocenters. The third-order valence-corrected chi connectivity index (χ3v) is 15.4. The molecule has 0 saturated carbocycles. The van der Waals surface area contributed by atoms with Crippen LogP contribution in [-0.4, -0.2) is 19.8 Å². The average molecular weight is 988 g/mol.